The number of nitrogens with zero attached hydrogens (tertiary/aromatic N) is 1. The molecule has 2 unspecified atom stereocenters. The van der Waals surface area contributed by atoms with Crippen LogP contribution in [0.4, 0.5) is 8.78 Å². The number of rotatable bonds is 2. The summed E-state index contributed by atoms with van der Waals surface area (Å²) in [5.74, 6) is -1.89. The second kappa shape index (κ2) is 5.90. The zero-order valence-electron chi connectivity index (χ0n) is 10.9. The molecule has 1 aromatic rings. The molecule has 1 heterocycles. The summed E-state index contributed by atoms with van der Waals surface area (Å²) in [7, 11) is -3.97. The lowest BCUT2D eigenvalue weighted by Gasteiger charge is -2.33. The SMILES string of the molecule is CC1CN(S(=O)(=O)c2c(F)cc(F)cc2Br)CC(C)S1. The van der Waals surface area contributed by atoms with Crippen molar-refractivity contribution in [2.75, 3.05) is 13.1 Å². The van der Waals surface area contributed by atoms with Crippen molar-refractivity contribution < 1.29 is 17.2 Å². The molecule has 3 nitrogen and oxygen atoms in total. The molecule has 1 fully saturated rings. The number of thioether (sulfide) groups is 1. The van der Waals surface area contributed by atoms with E-state index in [1.54, 1.807) is 11.8 Å². The maximum Gasteiger partial charge on any atom is 0.247 e. The van der Waals surface area contributed by atoms with Crippen molar-refractivity contribution in [3.05, 3.63) is 28.2 Å². The van der Waals surface area contributed by atoms with Gasteiger partial charge in [0.15, 0.2) is 0 Å². The molecular weight excluding hydrogens is 372 g/mol. The predicted octanol–water partition coefficient (Wildman–Crippen LogP) is 3.24. The zero-order chi connectivity index (χ0) is 15.1. The van der Waals surface area contributed by atoms with Crippen molar-refractivity contribution in [3.63, 3.8) is 0 Å². The Bertz CT molecular complexity index is 591. The van der Waals surface area contributed by atoms with Crippen LogP contribution in [0.15, 0.2) is 21.5 Å². The lowest BCUT2D eigenvalue weighted by molar-refractivity contribution is 0.400. The third-order valence-corrected chi connectivity index (χ3v) is 6.97. The van der Waals surface area contributed by atoms with E-state index >= 15 is 0 Å². The second-order valence-corrected chi connectivity index (χ2v) is 9.39. The van der Waals surface area contributed by atoms with Crippen molar-refractivity contribution >= 4 is 37.7 Å². The predicted molar refractivity (Wildman–Crippen MR) is 79.3 cm³/mol. The largest absolute Gasteiger partial charge is 0.247 e. The van der Waals surface area contributed by atoms with Gasteiger partial charge in [-0.25, -0.2) is 17.2 Å². The van der Waals surface area contributed by atoms with Crippen LogP contribution in [0, 0.1) is 11.6 Å². The molecule has 0 N–H and O–H groups in total. The average Bonchev–Trinajstić information content (AvgIpc) is 2.25. The molecule has 2 rings (SSSR count). The van der Waals surface area contributed by atoms with E-state index < -0.39 is 26.6 Å². The fourth-order valence-electron chi connectivity index (χ4n) is 2.23. The van der Waals surface area contributed by atoms with Crippen LogP contribution in [-0.4, -0.2) is 36.3 Å². The molecule has 20 heavy (non-hydrogen) atoms. The number of hydrogen-bond acceptors (Lipinski definition) is 3. The Balaban J connectivity index is 2.45. The Labute approximate surface area is 129 Å². The van der Waals surface area contributed by atoms with Crippen LogP contribution < -0.4 is 0 Å². The van der Waals surface area contributed by atoms with Gasteiger partial charge < -0.3 is 0 Å². The summed E-state index contributed by atoms with van der Waals surface area (Å²) >= 11 is 4.64. The summed E-state index contributed by atoms with van der Waals surface area (Å²) in [4.78, 5) is -0.495. The molecule has 0 saturated carbocycles. The third kappa shape index (κ3) is 3.18. The van der Waals surface area contributed by atoms with Gasteiger partial charge in [0.1, 0.15) is 16.5 Å². The van der Waals surface area contributed by atoms with Gasteiger partial charge in [-0.15, -0.1) is 0 Å². The zero-order valence-corrected chi connectivity index (χ0v) is 14.2. The summed E-state index contributed by atoms with van der Waals surface area (Å²) in [5.41, 5.74) is 0. The van der Waals surface area contributed by atoms with Gasteiger partial charge in [-0.2, -0.15) is 16.1 Å². The molecule has 0 amide bonds. The van der Waals surface area contributed by atoms with Crippen LogP contribution in [0.3, 0.4) is 0 Å². The molecule has 0 aromatic heterocycles. The standard InChI is InChI=1S/C12H14BrF2NO2S2/c1-7-5-16(6-8(2)19-7)20(17,18)12-10(13)3-9(14)4-11(12)15/h3-4,7-8H,5-6H2,1-2H3. The van der Waals surface area contributed by atoms with E-state index in [0.29, 0.717) is 19.2 Å². The van der Waals surface area contributed by atoms with Crippen LogP contribution in [0.2, 0.25) is 0 Å². The van der Waals surface area contributed by atoms with Gasteiger partial charge in [0.05, 0.1) is 0 Å². The molecule has 112 valence electrons. The van der Waals surface area contributed by atoms with Gasteiger partial charge >= 0.3 is 0 Å². The minimum Gasteiger partial charge on any atom is -0.207 e. The van der Waals surface area contributed by atoms with E-state index in [0.717, 1.165) is 6.07 Å². The maximum atomic E-state index is 13.9. The highest BCUT2D eigenvalue weighted by molar-refractivity contribution is 9.10. The highest BCUT2D eigenvalue weighted by Crippen LogP contribution is 2.33. The summed E-state index contributed by atoms with van der Waals surface area (Å²) in [6.45, 7) is 4.50. The highest BCUT2D eigenvalue weighted by Gasteiger charge is 2.35. The van der Waals surface area contributed by atoms with Crippen LogP contribution in [0.5, 0.6) is 0 Å². The fourth-order valence-corrected chi connectivity index (χ4v) is 6.48. The molecule has 0 radical (unpaired) electrons. The van der Waals surface area contributed by atoms with Gasteiger partial charge in [0.2, 0.25) is 10.0 Å². The topological polar surface area (TPSA) is 37.4 Å². The monoisotopic (exact) mass is 385 g/mol. The molecule has 0 bridgehead atoms. The normalized spacial score (nSPS) is 24.9. The van der Waals surface area contributed by atoms with E-state index in [1.807, 2.05) is 13.8 Å². The molecule has 1 aliphatic rings. The van der Waals surface area contributed by atoms with Crippen LogP contribution in [0.1, 0.15) is 13.8 Å². The second-order valence-electron chi connectivity index (χ2n) is 4.78. The van der Waals surface area contributed by atoms with Crippen molar-refractivity contribution in [1.29, 1.82) is 0 Å². The summed E-state index contributed by atoms with van der Waals surface area (Å²) in [5, 5.41) is 0.270. The van der Waals surface area contributed by atoms with Gasteiger partial charge in [-0.05, 0) is 22.0 Å². The Morgan fingerprint density at radius 2 is 1.80 bits per heavy atom. The third-order valence-electron chi connectivity index (χ3n) is 2.95. The highest BCUT2D eigenvalue weighted by atomic mass is 79.9. The minimum atomic E-state index is -3.97. The van der Waals surface area contributed by atoms with E-state index in [2.05, 4.69) is 15.9 Å². The molecule has 0 aliphatic carbocycles. The first kappa shape index (κ1) is 16.2. The van der Waals surface area contributed by atoms with Crippen molar-refractivity contribution in [1.82, 2.24) is 4.31 Å². The summed E-state index contributed by atoms with van der Waals surface area (Å²) < 4.78 is 53.2. The average molecular weight is 386 g/mol. The molecule has 1 aromatic carbocycles. The van der Waals surface area contributed by atoms with Crippen LogP contribution >= 0.6 is 27.7 Å². The van der Waals surface area contributed by atoms with Gasteiger partial charge in [-0.1, -0.05) is 13.8 Å². The lowest BCUT2D eigenvalue weighted by Crippen LogP contribution is -2.44. The Kier molecular flexibility index (Phi) is 4.78. The first-order valence-corrected chi connectivity index (χ1v) is 9.19. The van der Waals surface area contributed by atoms with E-state index in [4.69, 9.17) is 0 Å². The van der Waals surface area contributed by atoms with Gasteiger partial charge in [-0.3, -0.25) is 0 Å². The number of halogens is 3. The Morgan fingerprint density at radius 3 is 2.30 bits per heavy atom. The molecular formula is C12H14BrF2NO2S2. The van der Waals surface area contributed by atoms with Crippen molar-refractivity contribution in [2.24, 2.45) is 0 Å². The van der Waals surface area contributed by atoms with E-state index in [9.17, 15) is 17.2 Å². The molecule has 1 saturated heterocycles. The minimum absolute atomic E-state index is 0.0893. The maximum absolute atomic E-state index is 13.9. The lowest BCUT2D eigenvalue weighted by atomic mass is 10.3. The van der Waals surface area contributed by atoms with Crippen LogP contribution in [0.25, 0.3) is 0 Å². The molecule has 0 spiro atoms. The van der Waals surface area contributed by atoms with Crippen molar-refractivity contribution in [3.8, 4) is 0 Å². The van der Waals surface area contributed by atoms with Crippen molar-refractivity contribution in [2.45, 2.75) is 29.2 Å². The van der Waals surface area contributed by atoms with Crippen LogP contribution in [-0.2, 0) is 10.0 Å². The number of sulfonamides is 1. The fraction of sp³-hybridized carbons (Fsp3) is 0.500. The molecule has 1 aliphatic heterocycles. The summed E-state index contributed by atoms with van der Waals surface area (Å²) in [6, 6.07) is 1.55. The van der Waals surface area contributed by atoms with Gasteiger partial charge in [0, 0.05) is 34.1 Å². The quantitative estimate of drug-likeness (QED) is 0.783. The summed E-state index contributed by atoms with van der Waals surface area (Å²) in [6.07, 6.45) is 0. The van der Waals surface area contributed by atoms with E-state index in [1.165, 1.54) is 4.31 Å². The van der Waals surface area contributed by atoms with Gasteiger partial charge in [0.25, 0.3) is 0 Å². The molecule has 8 heteroatoms. The molecule has 2 atom stereocenters. The van der Waals surface area contributed by atoms with E-state index in [-0.39, 0.29) is 15.0 Å². The smallest absolute Gasteiger partial charge is 0.207 e. The Morgan fingerprint density at radius 1 is 1.25 bits per heavy atom. The number of hydrogen-bond donors (Lipinski definition) is 0. The first-order chi connectivity index (χ1) is 9.21. The first-order valence-electron chi connectivity index (χ1n) is 6.02. The number of benzene rings is 1. The Hall–Kier alpha value is -0.180.